The summed E-state index contributed by atoms with van der Waals surface area (Å²) in [6.45, 7) is 9.00. The van der Waals surface area contributed by atoms with Crippen LogP contribution >= 0.6 is 0 Å². The molecule has 0 bridgehead atoms. The summed E-state index contributed by atoms with van der Waals surface area (Å²) in [6.07, 6.45) is 3.19. The van der Waals surface area contributed by atoms with E-state index in [9.17, 15) is 9.59 Å². The number of nitrogens with zero attached hydrogens (tertiary/aromatic N) is 1. The Morgan fingerprint density at radius 2 is 1.86 bits per heavy atom. The molecule has 22 heavy (non-hydrogen) atoms. The van der Waals surface area contributed by atoms with Crippen LogP contribution in [-0.4, -0.2) is 55.2 Å². The molecule has 0 spiro atoms. The highest BCUT2D eigenvalue weighted by molar-refractivity contribution is 5.81. The van der Waals surface area contributed by atoms with Gasteiger partial charge in [0.25, 0.3) is 5.91 Å². The third-order valence-corrected chi connectivity index (χ3v) is 4.13. The normalized spacial score (nSPS) is 23.4. The number of carbonyl (C=O) groups excluding carboxylic acids is 2. The van der Waals surface area contributed by atoms with E-state index in [0.717, 1.165) is 25.7 Å². The number of rotatable bonds is 3. The number of piperidine rings is 1. The van der Waals surface area contributed by atoms with Gasteiger partial charge in [-0.05, 0) is 31.1 Å². The average molecular weight is 311 g/mol. The van der Waals surface area contributed by atoms with E-state index in [1.54, 1.807) is 0 Å². The number of hydrogen-bond donors (Lipinski definition) is 2. The van der Waals surface area contributed by atoms with Crippen LogP contribution in [0.25, 0.3) is 0 Å². The molecule has 2 rings (SSSR count). The number of hydrogen-bond acceptors (Lipinski definition) is 3. The van der Waals surface area contributed by atoms with E-state index in [1.165, 1.54) is 0 Å². The molecule has 2 aliphatic heterocycles. The highest BCUT2D eigenvalue weighted by atomic mass is 16.5. The summed E-state index contributed by atoms with van der Waals surface area (Å²) in [7, 11) is 0. The first-order chi connectivity index (χ1) is 10.3. The van der Waals surface area contributed by atoms with Crippen molar-refractivity contribution in [3.8, 4) is 0 Å². The minimum atomic E-state index is -0.236. The van der Waals surface area contributed by atoms with Crippen molar-refractivity contribution in [1.29, 1.82) is 0 Å². The summed E-state index contributed by atoms with van der Waals surface area (Å²) in [6, 6.07) is 0.0346. The largest absolute Gasteiger partial charge is 0.368 e. The minimum absolute atomic E-state index is 0.0778. The fraction of sp³-hybridized carbons (Fsp3) is 0.875. The van der Waals surface area contributed by atoms with Gasteiger partial charge in [-0.1, -0.05) is 20.8 Å². The zero-order chi connectivity index (χ0) is 16.2. The van der Waals surface area contributed by atoms with Gasteiger partial charge in [0, 0.05) is 32.3 Å². The summed E-state index contributed by atoms with van der Waals surface area (Å²) in [4.78, 5) is 26.0. The van der Waals surface area contributed by atoms with Gasteiger partial charge in [0.2, 0.25) is 0 Å². The van der Waals surface area contributed by atoms with E-state index in [4.69, 9.17) is 4.74 Å². The van der Waals surface area contributed by atoms with Crippen LogP contribution in [0.1, 0.15) is 46.5 Å². The molecule has 2 heterocycles. The number of carbonyl (C=O) groups is 2. The Morgan fingerprint density at radius 3 is 2.41 bits per heavy atom. The van der Waals surface area contributed by atoms with Crippen LogP contribution in [-0.2, 0) is 9.53 Å². The van der Waals surface area contributed by atoms with E-state index >= 15 is 0 Å². The lowest BCUT2D eigenvalue weighted by atomic mass is 9.97. The SMILES string of the molecule is CC(C)(C)CNC(=O)NC1CCN(C(=O)C2CCCO2)CC1. The van der Waals surface area contributed by atoms with Gasteiger partial charge in [0.05, 0.1) is 0 Å². The minimum Gasteiger partial charge on any atom is -0.368 e. The van der Waals surface area contributed by atoms with Crippen molar-refractivity contribution in [3.63, 3.8) is 0 Å². The van der Waals surface area contributed by atoms with Gasteiger partial charge in [-0.3, -0.25) is 4.79 Å². The van der Waals surface area contributed by atoms with Crippen LogP contribution < -0.4 is 10.6 Å². The van der Waals surface area contributed by atoms with Gasteiger partial charge in [-0.15, -0.1) is 0 Å². The van der Waals surface area contributed by atoms with Crippen LogP contribution in [0.15, 0.2) is 0 Å². The van der Waals surface area contributed by atoms with Gasteiger partial charge < -0.3 is 20.3 Å². The molecule has 1 unspecified atom stereocenters. The first-order valence-electron chi connectivity index (χ1n) is 8.30. The van der Waals surface area contributed by atoms with Crippen molar-refractivity contribution in [3.05, 3.63) is 0 Å². The predicted octanol–water partition coefficient (Wildman–Crippen LogP) is 1.50. The number of ether oxygens (including phenoxy) is 1. The molecule has 0 aromatic heterocycles. The van der Waals surface area contributed by atoms with Crippen LogP contribution in [0.4, 0.5) is 4.79 Å². The van der Waals surface area contributed by atoms with Crippen molar-refractivity contribution < 1.29 is 14.3 Å². The Hall–Kier alpha value is -1.30. The van der Waals surface area contributed by atoms with E-state index in [-0.39, 0.29) is 29.5 Å². The molecule has 1 atom stereocenters. The Balaban J connectivity index is 1.68. The summed E-state index contributed by atoms with van der Waals surface area (Å²) in [5.41, 5.74) is 0.0778. The fourth-order valence-electron chi connectivity index (χ4n) is 2.80. The topological polar surface area (TPSA) is 70.7 Å². The second-order valence-electron chi connectivity index (χ2n) is 7.49. The Labute approximate surface area is 132 Å². The highest BCUT2D eigenvalue weighted by Crippen LogP contribution is 2.18. The third kappa shape index (κ3) is 5.16. The van der Waals surface area contributed by atoms with E-state index < -0.39 is 0 Å². The average Bonchev–Trinajstić information content (AvgIpc) is 2.99. The molecule has 2 N–H and O–H groups in total. The lowest BCUT2D eigenvalue weighted by Crippen LogP contribution is -2.51. The summed E-state index contributed by atoms with van der Waals surface area (Å²) in [5.74, 6) is 0.119. The smallest absolute Gasteiger partial charge is 0.315 e. The molecule has 2 aliphatic rings. The fourth-order valence-corrected chi connectivity index (χ4v) is 2.80. The van der Waals surface area contributed by atoms with Crippen molar-refractivity contribution in [1.82, 2.24) is 15.5 Å². The quantitative estimate of drug-likeness (QED) is 0.830. The summed E-state index contributed by atoms with van der Waals surface area (Å²) in [5, 5.41) is 5.90. The van der Waals surface area contributed by atoms with Gasteiger partial charge in [0.1, 0.15) is 6.10 Å². The van der Waals surface area contributed by atoms with Crippen LogP contribution in [0.5, 0.6) is 0 Å². The van der Waals surface area contributed by atoms with E-state index in [1.807, 2.05) is 4.90 Å². The lowest BCUT2D eigenvalue weighted by Gasteiger charge is -2.33. The number of nitrogens with one attached hydrogen (secondary N) is 2. The number of urea groups is 1. The first-order valence-corrected chi connectivity index (χ1v) is 8.30. The standard InChI is InChI=1S/C16H29N3O3/c1-16(2,3)11-17-15(21)18-12-6-8-19(9-7-12)14(20)13-5-4-10-22-13/h12-13H,4-11H2,1-3H3,(H2,17,18,21). The molecule has 0 aromatic rings. The van der Waals surface area contributed by atoms with Crippen LogP contribution in [0, 0.1) is 5.41 Å². The van der Waals surface area contributed by atoms with Crippen molar-refractivity contribution in [2.24, 2.45) is 5.41 Å². The summed E-state index contributed by atoms with van der Waals surface area (Å²) < 4.78 is 5.45. The molecule has 6 nitrogen and oxygen atoms in total. The van der Waals surface area contributed by atoms with Gasteiger partial charge in [0.15, 0.2) is 0 Å². The molecular weight excluding hydrogens is 282 g/mol. The van der Waals surface area contributed by atoms with Gasteiger partial charge >= 0.3 is 6.03 Å². The summed E-state index contributed by atoms with van der Waals surface area (Å²) >= 11 is 0. The first kappa shape index (κ1) is 17.1. The second kappa shape index (κ2) is 7.31. The van der Waals surface area contributed by atoms with E-state index in [0.29, 0.717) is 26.2 Å². The second-order valence-corrected chi connectivity index (χ2v) is 7.49. The lowest BCUT2D eigenvalue weighted by molar-refractivity contribution is -0.142. The zero-order valence-corrected chi connectivity index (χ0v) is 14.0. The van der Waals surface area contributed by atoms with Crippen LogP contribution in [0.3, 0.4) is 0 Å². The highest BCUT2D eigenvalue weighted by Gasteiger charge is 2.31. The number of amides is 3. The maximum Gasteiger partial charge on any atom is 0.315 e. The number of likely N-dealkylation sites (tertiary alicyclic amines) is 1. The van der Waals surface area contributed by atoms with Crippen molar-refractivity contribution in [2.45, 2.75) is 58.6 Å². The Morgan fingerprint density at radius 1 is 1.18 bits per heavy atom. The third-order valence-electron chi connectivity index (χ3n) is 4.13. The molecule has 2 saturated heterocycles. The molecule has 6 heteroatoms. The molecule has 0 saturated carbocycles. The maximum absolute atomic E-state index is 12.2. The molecule has 2 fully saturated rings. The zero-order valence-electron chi connectivity index (χ0n) is 14.0. The van der Waals surface area contributed by atoms with Crippen molar-refractivity contribution >= 4 is 11.9 Å². The molecule has 0 aromatic carbocycles. The molecule has 0 radical (unpaired) electrons. The van der Waals surface area contributed by atoms with E-state index in [2.05, 4.69) is 31.4 Å². The monoisotopic (exact) mass is 311 g/mol. The Bertz CT molecular complexity index is 392. The Kier molecular flexibility index (Phi) is 5.67. The van der Waals surface area contributed by atoms with Gasteiger partial charge in [-0.25, -0.2) is 4.79 Å². The molecule has 0 aliphatic carbocycles. The van der Waals surface area contributed by atoms with Gasteiger partial charge in [-0.2, -0.15) is 0 Å². The van der Waals surface area contributed by atoms with Crippen molar-refractivity contribution in [2.75, 3.05) is 26.2 Å². The molecule has 126 valence electrons. The van der Waals surface area contributed by atoms with Crippen LogP contribution in [0.2, 0.25) is 0 Å². The predicted molar refractivity (Wildman–Crippen MR) is 84.6 cm³/mol. The maximum atomic E-state index is 12.2. The molecular formula is C16H29N3O3. The molecule has 3 amide bonds.